The van der Waals surface area contributed by atoms with Gasteiger partial charge in [0.15, 0.2) is 0 Å². The lowest BCUT2D eigenvalue weighted by Gasteiger charge is -2.16. The first-order chi connectivity index (χ1) is 13.6. The highest BCUT2D eigenvalue weighted by Gasteiger charge is 2.16. The standard InChI is InChI=1S/C23H29N3O2/c1-4-18-8-5-6-10-21(18)25-23(24-15-20-9-7-13-28-20)26-22(27)19-12-11-16(2)17(3)14-19/h5-6,8,10-12,14,20H,4,7,9,13,15H2,1-3H3,(H2,24,25,26,27)/t20-/m0/s1. The van der Waals surface area contributed by atoms with Crippen LogP contribution in [-0.4, -0.2) is 31.1 Å². The Bertz CT molecular complexity index is 855. The summed E-state index contributed by atoms with van der Waals surface area (Å²) < 4.78 is 5.67. The summed E-state index contributed by atoms with van der Waals surface area (Å²) in [7, 11) is 0. The van der Waals surface area contributed by atoms with Crippen molar-refractivity contribution in [2.75, 3.05) is 18.5 Å². The second-order valence-corrected chi connectivity index (χ2v) is 7.21. The van der Waals surface area contributed by atoms with E-state index in [1.807, 2.05) is 50.2 Å². The predicted octanol–water partition coefficient (Wildman–Crippen LogP) is 4.24. The molecule has 2 aromatic rings. The number of hydrogen-bond acceptors (Lipinski definition) is 3. The van der Waals surface area contributed by atoms with Gasteiger partial charge in [0.25, 0.3) is 5.91 Å². The van der Waals surface area contributed by atoms with Gasteiger partial charge in [0.2, 0.25) is 5.96 Å². The molecule has 0 radical (unpaired) electrons. The molecule has 5 nitrogen and oxygen atoms in total. The van der Waals surface area contributed by atoms with E-state index in [1.54, 1.807) is 0 Å². The van der Waals surface area contributed by atoms with E-state index in [4.69, 9.17) is 4.74 Å². The number of carbonyl (C=O) groups is 1. The Hall–Kier alpha value is -2.66. The number of ether oxygens (including phenoxy) is 1. The van der Waals surface area contributed by atoms with Crippen molar-refractivity contribution in [2.45, 2.75) is 46.1 Å². The maximum atomic E-state index is 12.8. The Morgan fingerprint density at radius 3 is 2.71 bits per heavy atom. The van der Waals surface area contributed by atoms with Crippen LogP contribution in [-0.2, 0) is 11.2 Å². The summed E-state index contributed by atoms with van der Waals surface area (Å²) >= 11 is 0. The minimum atomic E-state index is -0.171. The van der Waals surface area contributed by atoms with Gasteiger partial charge < -0.3 is 10.1 Å². The maximum Gasteiger partial charge on any atom is 0.257 e. The van der Waals surface area contributed by atoms with E-state index in [-0.39, 0.29) is 12.0 Å². The summed E-state index contributed by atoms with van der Waals surface area (Å²) in [5.41, 5.74) is 5.01. The largest absolute Gasteiger partial charge is 0.376 e. The van der Waals surface area contributed by atoms with Crippen LogP contribution in [0.4, 0.5) is 5.69 Å². The Morgan fingerprint density at radius 1 is 1.18 bits per heavy atom. The summed E-state index contributed by atoms with van der Waals surface area (Å²) in [4.78, 5) is 17.4. The van der Waals surface area contributed by atoms with Crippen molar-refractivity contribution in [3.8, 4) is 0 Å². The van der Waals surface area contributed by atoms with Gasteiger partial charge in [0.05, 0.1) is 12.6 Å². The first-order valence-electron chi connectivity index (χ1n) is 9.96. The number of hydrogen-bond donors (Lipinski definition) is 2. The highest BCUT2D eigenvalue weighted by atomic mass is 16.5. The van der Waals surface area contributed by atoms with E-state index in [2.05, 4.69) is 28.6 Å². The third-order valence-electron chi connectivity index (χ3n) is 5.13. The highest BCUT2D eigenvalue weighted by Crippen LogP contribution is 2.16. The van der Waals surface area contributed by atoms with Gasteiger partial charge in [-0.3, -0.25) is 10.1 Å². The monoisotopic (exact) mass is 379 g/mol. The molecule has 0 spiro atoms. The number of guanidine groups is 1. The molecular weight excluding hydrogens is 350 g/mol. The van der Waals surface area contributed by atoms with Crippen LogP contribution in [0.25, 0.3) is 0 Å². The van der Waals surface area contributed by atoms with Crippen molar-refractivity contribution in [3.05, 3.63) is 64.7 Å². The number of aryl methyl sites for hydroxylation is 3. The second-order valence-electron chi connectivity index (χ2n) is 7.21. The average molecular weight is 380 g/mol. The molecule has 1 aliphatic heterocycles. The van der Waals surface area contributed by atoms with Crippen molar-refractivity contribution < 1.29 is 9.53 Å². The molecule has 1 amide bonds. The maximum absolute atomic E-state index is 12.8. The molecule has 5 heteroatoms. The Balaban J connectivity index is 1.79. The van der Waals surface area contributed by atoms with Crippen LogP contribution in [0.5, 0.6) is 0 Å². The molecule has 28 heavy (non-hydrogen) atoms. The van der Waals surface area contributed by atoms with Gasteiger partial charge in [0.1, 0.15) is 0 Å². The van der Waals surface area contributed by atoms with Gasteiger partial charge in [-0.15, -0.1) is 0 Å². The third-order valence-corrected chi connectivity index (χ3v) is 5.13. The van der Waals surface area contributed by atoms with Crippen LogP contribution in [0.15, 0.2) is 47.5 Å². The van der Waals surface area contributed by atoms with Crippen LogP contribution in [0.3, 0.4) is 0 Å². The number of nitrogens with one attached hydrogen (secondary N) is 2. The van der Waals surface area contributed by atoms with E-state index in [0.717, 1.165) is 37.1 Å². The normalized spacial score (nSPS) is 16.8. The first kappa shape index (κ1) is 20.1. The molecule has 0 unspecified atom stereocenters. The van der Waals surface area contributed by atoms with Crippen molar-refractivity contribution in [3.63, 3.8) is 0 Å². The summed E-state index contributed by atoms with van der Waals surface area (Å²) in [6.07, 6.45) is 3.09. The third kappa shape index (κ3) is 5.20. The molecular formula is C23H29N3O2. The molecule has 1 heterocycles. The summed E-state index contributed by atoms with van der Waals surface area (Å²) in [6, 6.07) is 13.8. The fraction of sp³-hybridized carbons (Fsp3) is 0.391. The molecule has 1 atom stereocenters. The molecule has 148 valence electrons. The van der Waals surface area contributed by atoms with E-state index in [9.17, 15) is 4.79 Å². The fourth-order valence-electron chi connectivity index (χ4n) is 3.23. The summed E-state index contributed by atoms with van der Waals surface area (Å²) in [5, 5.41) is 6.26. The number of para-hydroxylation sites is 1. The number of rotatable bonds is 5. The topological polar surface area (TPSA) is 62.7 Å². The highest BCUT2D eigenvalue weighted by molar-refractivity contribution is 6.10. The number of aliphatic imine (C=N–C) groups is 1. The van der Waals surface area contributed by atoms with Gasteiger partial charge in [-0.2, -0.15) is 0 Å². The number of anilines is 1. The summed E-state index contributed by atoms with van der Waals surface area (Å²) in [6.45, 7) is 7.47. The van der Waals surface area contributed by atoms with Crippen molar-refractivity contribution >= 4 is 17.6 Å². The van der Waals surface area contributed by atoms with Gasteiger partial charge in [-0.25, -0.2) is 4.99 Å². The zero-order valence-corrected chi connectivity index (χ0v) is 16.9. The van der Waals surface area contributed by atoms with Gasteiger partial charge in [-0.05, 0) is 68.0 Å². The van der Waals surface area contributed by atoms with Crippen LogP contribution >= 0.6 is 0 Å². The molecule has 1 saturated heterocycles. The molecule has 0 aromatic heterocycles. The molecule has 0 saturated carbocycles. The Labute approximate surface area is 167 Å². The van der Waals surface area contributed by atoms with Crippen LogP contribution < -0.4 is 10.6 Å². The molecule has 2 N–H and O–H groups in total. The average Bonchev–Trinajstić information content (AvgIpc) is 3.22. The van der Waals surface area contributed by atoms with Gasteiger partial charge in [-0.1, -0.05) is 31.2 Å². The van der Waals surface area contributed by atoms with Gasteiger partial charge >= 0.3 is 0 Å². The fourth-order valence-corrected chi connectivity index (χ4v) is 3.23. The van der Waals surface area contributed by atoms with Crippen molar-refractivity contribution in [2.24, 2.45) is 4.99 Å². The lowest BCUT2D eigenvalue weighted by Crippen LogP contribution is -2.37. The summed E-state index contributed by atoms with van der Waals surface area (Å²) in [5.74, 6) is 0.287. The molecule has 0 bridgehead atoms. The number of nitrogens with zero attached hydrogens (tertiary/aromatic N) is 1. The van der Waals surface area contributed by atoms with Gasteiger partial charge in [0, 0.05) is 17.9 Å². The molecule has 0 aliphatic carbocycles. The van der Waals surface area contributed by atoms with Crippen LogP contribution in [0.1, 0.15) is 46.8 Å². The smallest absolute Gasteiger partial charge is 0.257 e. The minimum absolute atomic E-state index is 0.122. The molecule has 1 fully saturated rings. The van der Waals surface area contributed by atoms with E-state index < -0.39 is 0 Å². The number of amides is 1. The SMILES string of the molecule is CCc1ccccc1NC(=NC[C@@H]1CCCO1)NC(=O)c1ccc(C)c(C)c1. The zero-order valence-electron chi connectivity index (χ0n) is 16.9. The quantitative estimate of drug-likeness (QED) is 0.603. The number of benzene rings is 2. The molecule has 2 aromatic carbocycles. The van der Waals surface area contributed by atoms with E-state index in [0.29, 0.717) is 18.1 Å². The van der Waals surface area contributed by atoms with Crippen molar-refractivity contribution in [1.82, 2.24) is 5.32 Å². The second kappa shape index (κ2) is 9.51. The van der Waals surface area contributed by atoms with E-state index >= 15 is 0 Å². The first-order valence-corrected chi connectivity index (χ1v) is 9.96. The predicted molar refractivity (Wildman–Crippen MR) is 114 cm³/mol. The molecule has 3 rings (SSSR count). The van der Waals surface area contributed by atoms with Crippen LogP contribution in [0, 0.1) is 13.8 Å². The Morgan fingerprint density at radius 2 is 2.00 bits per heavy atom. The van der Waals surface area contributed by atoms with Crippen molar-refractivity contribution in [1.29, 1.82) is 0 Å². The lowest BCUT2D eigenvalue weighted by atomic mass is 10.1. The zero-order chi connectivity index (χ0) is 19.9. The van der Waals surface area contributed by atoms with Crippen LogP contribution in [0.2, 0.25) is 0 Å². The lowest BCUT2D eigenvalue weighted by molar-refractivity contribution is 0.0975. The Kier molecular flexibility index (Phi) is 6.82. The minimum Gasteiger partial charge on any atom is -0.376 e. The number of carbonyl (C=O) groups excluding carboxylic acids is 1. The molecule has 1 aliphatic rings. The van der Waals surface area contributed by atoms with E-state index in [1.165, 1.54) is 11.1 Å².